The van der Waals surface area contributed by atoms with E-state index in [0.29, 0.717) is 24.3 Å². The molecule has 108 valence electrons. The predicted octanol–water partition coefficient (Wildman–Crippen LogP) is 2.18. The van der Waals surface area contributed by atoms with Crippen LogP contribution < -0.4 is 0 Å². The zero-order chi connectivity index (χ0) is 14.8. The Kier molecular flexibility index (Phi) is 4.35. The summed E-state index contributed by atoms with van der Waals surface area (Å²) in [6, 6.07) is 6.90. The van der Waals surface area contributed by atoms with Gasteiger partial charge in [0.25, 0.3) is 0 Å². The fourth-order valence-corrected chi connectivity index (χ4v) is 2.48. The van der Waals surface area contributed by atoms with Gasteiger partial charge in [-0.1, -0.05) is 24.3 Å². The number of hydrogen-bond donors (Lipinski definition) is 0. The van der Waals surface area contributed by atoms with Gasteiger partial charge in [0.1, 0.15) is 0 Å². The standard InChI is InChI=1S/C16H21NO3/c1-12(18)13-4-6-14(7-5-13)15(19)16(2,3)17-8-10-20-11-9-17/h4-7H,8-11H2,1-3H3. The lowest BCUT2D eigenvalue weighted by Gasteiger charge is -2.39. The van der Waals surface area contributed by atoms with Crippen molar-refractivity contribution in [3.63, 3.8) is 0 Å². The first-order valence-corrected chi connectivity index (χ1v) is 6.91. The lowest BCUT2D eigenvalue weighted by atomic mass is 9.90. The monoisotopic (exact) mass is 275 g/mol. The number of nitrogens with zero attached hydrogens (tertiary/aromatic N) is 1. The summed E-state index contributed by atoms with van der Waals surface area (Å²) in [5, 5.41) is 0. The molecule has 1 fully saturated rings. The van der Waals surface area contributed by atoms with Crippen molar-refractivity contribution >= 4 is 11.6 Å². The van der Waals surface area contributed by atoms with Crippen LogP contribution in [0.4, 0.5) is 0 Å². The van der Waals surface area contributed by atoms with Crippen molar-refractivity contribution in [1.82, 2.24) is 4.90 Å². The van der Waals surface area contributed by atoms with Crippen LogP contribution in [-0.2, 0) is 4.74 Å². The number of benzene rings is 1. The predicted molar refractivity (Wildman–Crippen MR) is 77.2 cm³/mol. The fourth-order valence-electron chi connectivity index (χ4n) is 2.48. The molecule has 0 bridgehead atoms. The molecule has 0 N–H and O–H groups in total. The summed E-state index contributed by atoms with van der Waals surface area (Å²) in [5.41, 5.74) is 0.721. The highest BCUT2D eigenvalue weighted by molar-refractivity contribution is 6.03. The van der Waals surface area contributed by atoms with Gasteiger partial charge in [-0.05, 0) is 20.8 Å². The third-order valence-electron chi connectivity index (χ3n) is 3.91. The second-order valence-electron chi connectivity index (χ2n) is 5.62. The molecule has 0 aliphatic carbocycles. The van der Waals surface area contributed by atoms with Crippen molar-refractivity contribution < 1.29 is 14.3 Å². The molecule has 0 spiro atoms. The Bertz CT molecular complexity index is 499. The first-order chi connectivity index (χ1) is 9.43. The van der Waals surface area contributed by atoms with Gasteiger partial charge < -0.3 is 4.74 Å². The Hall–Kier alpha value is -1.52. The Morgan fingerprint density at radius 1 is 1.05 bits per heavy atom. The van der Waals surface area contributed by atoms with E-state index in [2.05, 4.69) is 4.90 Å². The minimum atomic E-state index is -0.554. The first-order valence-electron chi connectivity index (χ1n) is 6.91. The van der Waals surface area contributed by atoms with Gasteiger partial charge in [-0.25, -0.2) is 0 Å². The second-order valence-corrected chi connectivity index (χ2v) is 5.62. The van der Waals surface area contributed by atoms with Gasteiger partial charge in [0.15, 0.2) is 11.6 Å². The number of Topliss-reactive ketones (excluding diaryl/α,β-unsaturated/α-hetero) is 2. The molecule has 0 saturated carbocycles. The van der Waals surface area contributed by atoms with Crippen LogP contribution in [-0.4, -0.2) is 48.3 Å². The highest BCUT2D eigenvalue weighted by Gasteiger charge is 2.35. The maximum atomic E-state index is 12.7. The van der Waals surface area contributed by atoms with Crippen molar-refractivity contribution in [3.05, 3.63) is 35.4 Å². The minimum Gasteiger partial charge on any atom is -0.379 e. The fraction of sp³-hybridized carbons (Fsp3) is 0.500. The smallest absolute Gasteiger partial charge is 0.182 e. The largest absolute Gasteiger partial charge is 0.379 e. The van der Waals surface area contributed by atoms with Crippen LogP contribution in [0.2, 0.25) is 0 Å². The zero-order valence-electron chi connectivity index (χ0n) is 12.3. The van der Waals surface area contributed by atoms with E-state index in [1.165, 1.54) is 6.92 Å². The summed E-state index contributed by atoms with van der Waals surface area (Å²) < 4.78 is 5.33. The summed E-state index contributed by atoms with van der Waals surface area (Å²) in [6.45, 7) is 8.28. The highest BCUT2D eigenvalue weighted by Crippen LogP contribution is 2.22. The average molecular weight is 275 g/mol. The van der Waals surface area contributed by atoms with Gasteiger partial charge >= 0.3 is 0 Å². The van der Waals surface area contributed by atoms with Crippen LogP contribution >= 0.6 is 0 Å². The van der Waals surface area contributed by atoms with Gasteiger partial charge in [-0.15, -0.1) is 0 Å². The molecule has 0 atom stereocenters. The molecule has 1 aromatic carbocycles. The molecule has 0 radical (unpaired) electrons. The van der Waals surface area contributed by atoms with Crippen LogP contribution in [0, 0.1) is 0 Å². The molecule has 0 unspecified atom stereocenters. The molecule has 4 heteroatoms. The normalized spacial score (nSPS) is 16.9. The summed E-state index contributed by atoms with van der Waals surface area (Å²) >= 11 is 0. The SMILES string of the molecule is CC(=O)c1ccc(C(=O)C(C)(C)N2CCOCC2)cc1. The third-order valence-corrected chi connectivity index (χ3v) is 3.91. The molecule has 4 nitrogen and oxygen atoms in total. The van der Waals surface area contributed by atoms with Crippen molar-refractivity contribution in [1.29, 1.82) is 0 Å². The Morgan fingerprint density at radius 2 is 1.55 bits per heavy atom. The lowest BCUT2D eigenvalue weighted by Crippen LogP contribution is -2.54. The number of rotatable bonds is 4. The van der Waals surface area contributed by atoms with E-state index in [1.54, 1.807) is 24.3 Å². The van der Waals surface area contributed by atoms with E-state index in [0.717, 1.165) is 13.1 Å². The minimum absolute atomic E-state index is 0.0106. The molecule has 1 aromatic rings. The number of ether oxygens (including phenoxy) is 1. The Balaban J connectivity index is 2.18. The first kappa shape index (κ1) is 14.9. The summed E-state index contributed by atoms with van der Waals surface area (Å²) in [6.07, 6.45) is 0. The van der Waals surface area contributed by atoms with Crippen molar-refractivity contribution in [3.8, 4) is 0 Å². The van der Waals surface area contributed by atoms with E-state index < -0.39 is 5.54 Å². The molecule has 1 heterocycles. The van der Waals surface area contributed by atoms with Gasteiger partial charge in [-0.3, -0.25) is 14.5 Å². The maximum Gasteiger partial charge on any atom is 0.182 e. The molecule has 1 aliphatic heterocycles. The van der Waals surface area contributed by atoms with Gasteiger partial charge in [0, 0.05) is 24.2 Å². The third kappa shape index (κ3) is 2.97. The number of morpholine rings is 1. The average Bonchev–Trinajstić information content (AvgIpc) is 2.47. The number of carbonyl (C=O) groups excluding carboxylic acids is 2. The molecule has 2 rings (SSSR count). The van der Waals surface area contributed by atoms with Crippen LogP contribution in [0.25, 0.3) is 0 Å². The molecule has 0 amide bonds. The van der Waals surface area contributed by atoms with Crippen LogP contribution in [0.1, 0.15) is 41.5 Å². The van der Waals surface area contributed by atoms with Crippen LogP contribution in [0.5, 0.6) is 0 Å². The molecular weight excluding hydrogens is 254 g/mol. The topological polar surface area (TPSA) is 46.6 Å². The Morgan fingerprint density at radius 3 is 2.05 bits per heavy atom. The van der Waals surface area contributed by atoms with Gasteiger partial charge in [0.2, 0.25) is 0 Å². The quantitative estimate of drug-likeness (QED) is 0.790. The molecule has 1 aliphatic rings. The van der Waals surface area contributed by atoms with Gasteiger partial charge in [0.05, 0.1) is 18.8 Å². The van der Waals surface area contributed by atoms with Crippen molar-refractivity contribution in [2.75, 3.05) is 26.3 Å². The number of hydrogen-bond acceptors (Lipinski definition) is 4. The zero-order valence-corrected chi connectivity index (χ0v) is 12.3. The van der Waals surface area contributed by atoms with E-state index in [-0.39, 0.29) is 11.6 Å². The van der Waals surface area contributed by atoms with E-state index in [4.69, 9.17) is 4.74 Å². The highest BCUT2D eigenvalue weighted by atomic mass is 16.5. The summed E-state index contributed by atoms with van der Waals surface area (Å²) in [7, 11) is 0. The maximum absolute atomic E-state index is 12.7. The molecule has 0 aromatic heterocycles. The molecule has 20 heavy (non-hydrogen) atoms. The molecular formula is C16H21NO3. The van der Waals surface area contributed by atoms with Gasteiger partial charge in [-0.2, -0.15) is 0 Å². The van der Waals surface area contributed by atoms with E-state index in [1.807, 2.05) is 13.8 Å². The summed E-state index contributed by atoms with van der Waals surface area (Å²) in [5.74, 6) is 0.0888. The molecule has 1 saturated heterocycles. The van der Waals surface area contributed by atoms with E-state index >= 15 is 0 Å². The number of ketones is 2. The lowest BCUT2D eigenvalue weighted by molar-refractivity contribution is -0.00430. The van der Waals surface area contributed by atoms with E-state index in [9.17, 15) is 9.59 Å². The summed E-state index contributed by atoms with van der Waals surface area (Å²) in [4.78, 5) is 26.1. The van der Waals surface area contributed by atoms with Crippen LogP contribution in [0.15, 0.2) is 24.3 Å². The Labute approximate surface area is 119 Å². The van der Waals surface area contributed by atoms with Crippen molar-refractivity contribution in [2.24, 2.45) is 0 Å². The number of carbonyl (C=O) groups is 2. The van der Waals surface area contributed by atoms with Crippen molar-refractivity contribution in [2.45, 2.75) is 26.3 Å². The van der Waals surface area contributed by atoms with Crippen LogP contribution in [0.3, 0.4) is 0 Å². The second kappa shape index (κ2) is 5.85.